The Kier molecular flexibility index (Phi) is 3.22. The lowest BCUT2D eigenvalue weighted by molar-refractivity contribution is 0.00578. The first-order valence-corrected chi connectivity index (χ1v) is 7.24. The summed E-state index contributed by atoms with van der Waals surface area (Å²) in [7, 11) is 1.56. The van der Waals surface area contributed by atoms with E-state index in [0.29, 0.717) is 0 Å². The van der Waals surface area contributed by atoms with Crippen molar-refractivity contribution in [3.05, 3.63) is 36.7 Å². The number of rotatable bonds is 2. The highest BCUT2D eigenvalue weighted by Crippen LogP contribution is 2.37. The van der Waals surface area contributed by atoms with Crippen LogP contribution in [0.4, 0.5) is 0 Å². The number of hydrogen-bond acceptors (Lipinski definition) is 3. The molecule has 1 aromatic heterocycles. The van der Waals surface area contributed by atoms with Crippen molar-refractivity contribution < 1.29 is 9.31 Å². The van der Waals surface area contributed by atoms with Gasteiger partial charge in [0.1, 0.15) is 0 Å². The highest BCUT2D eigenvalue weighted by Gasteiger charge is 2.52. The van der Waals surface area contributed by atoms with E-state index in [4.69, 9.17) is 9.31 Å². The van der Waals surface area contributed by atoms with E-state index in [-0.39, 0.29) is 18.3 Å². The summed E-state index contributed by atoms with van der Waals surface area (Å²) < 4.78 is 14.1. The highest BCUT2D eigenvalue weighted by atomic mass is 16.7. The van der Waals surface area contributed by atoms with Crippen LogP contribution >= 0.6 is 0 Å². The molecule has 0 aliphatic carbocycles. The first kappa shape index (κ1) is 14.4. The van der Waals surface area contributed by atoms with Crippen LogP contribution in [-0.2, 0) is 16.4 Å². The predicted octanol–water partition coefficient (Wildman–Crippen LogP) is 2.39. The molecular formula is C16H21BN2O2. The molecule has 0 bridgehead atoms. The van der Waals surface area contributed by atoms with E-state index in [0.717, 1.165) is 16.6 Å². The maximum Gasteiger partial charge on any atom is 0.495 e. The van der Waals surface area contributed by atoms with Crippen LogP contribution in [0.1, 0.15) is 27.7 Å². The summed E-state index contributed by atoms with van der Waals surface area (Å²) in [5.74, 6) is 0. The fraction of sp³-hybridized carbons (Fsp3) is 0.438. The third kappa shape index (κ3) is 2.41. The van der Waals surface area contributed by atoms with Gasteiger partial charge in [0.2, 0.25) is 0 Å². The number of aryl methyl sites for hydroxylation is 1. The molecule has 2 heterocycles. The van der Waals surface area contributed by atoms with E-state index in [1.54, 1.807) is 4.68 Å². The lowest BCUT2D eigenvalue weighted by atomic mass is 9.75. The lowest BCUT2D eigenvalue weighted by Crippen LogP contribution is -2.41. The SMILES string of the molecule is Cn1cc(-c2ccccc2B2OC(C)(C)C(C)(C)O2)cn1. The standard InChI is InChI=1S/C16H21BN2O2/c1-15(2)16(3,4)21-17(20-15)14-9-7-6-8-13(14)12-10-18-19(5)11-12/h6-11H,1-5H3. The minimum Gasteiger partial charge on any atom is -0.399 e. The minimum absolute atomic E-state index is 0.334. The zero-order valence-electron chi connectivity index (χ0n) is 13.3. The molecule has 1 aliphatic rings. The van der Waals surface area contributed by atoms with Gasteiger partial charge in [0.25, 0.3) is 0 Å². The number of benzene rings is 1. The molecule has 0 amide bonds. The van der Waals surface area contributed by atoms with Gasteiger partial charge in [-0.25, -0.2) is 0 Å². The molecule has 0 spiro atoms. The van der Waals surface area contributed by atoms with Gasteiger partial charge in [-0.15, -0.1) is 0 Å². The maximum absolute atomic E-state index is 6.17. The van der Waals surface area contributed by atoms with Crippen molar-refractivity contribution in [1.29, 1.82) is 0 Å². The van der Waals surface area contributed by atoms with Gasteiger partial charge in [0, 0.05) is 18.8 Å². The largest absolute Gasteiger partial charge is 0.495 e. The average Bonchev–Trinajstić information content (AvgIpc) is 2.92. The number of aromatic nitrogens is 2. The minimum atomic E-state index is -0.355. The second-order valence-electron chi connectivity index (χ2n) is 6.58. The highest BCUT2D eigenvalue weighted by molar-refractivity contribution is 6.63. The van der Waals surface area contributed by atoms with E-state index >= 15 is 0 Å². The van der Waals surface area contributed by atoms with Crippen LogP contribution in [0.3, 0.4) is 0 Å². The van der Waals surface area contributed by atoms with Crippen molar-refractivity contribution in [2.24, 2.45) is 7.05 Å². The smallest absolute Gasteiger partial charge is 0.399 e. The van der Waals surface area contributed by atoms with Gasteiger partial charge in [-0.3, -0.25) is 4.68 Å². The molecule has 0 atom stereocenters. The lowest BCUT2D eigenvalue weighted by Gasteiger charge is -2.32. The Morgan fingerprint density at radius 1 is 1.05 bits per heavy atom. The zero-order chi connectivity index (χ0) is 15.3. The molecule has 110 valence electrons. The summed E-state index contributed by atoms with van der Waals surface area (Å²) in [6.07, 6.45) is 3.87. The van der Waals surface area contributed by atoms with Gasteiger partial charge in [-0.1, -0.05) is 24.3 Å². The summed E-state index contributed by atoms with van der Waals surface area (Å²) in [5.41, 5.74) is 2.55. The summed E-state index contributed by atoms with van der Waals surface area (Å²) in [5, 5.41) is 4.25. The molecule has 3 rings (SSSR count). The topological polar surface area (TPSA) is 36.3 Å². The van der Waals surface area contributed by atoms with Crippen molar-refractivity contribution >= 4 is 12.6 Å². The Hall–Kier alpha value is -1.59. The normalized spacial score (nSPS) is 20.0. The van der Waals surface area contributed by atoms with Crippen molar-refractivity contribution in [2.45, 2.75) is 38.9 Å². The van der Waals surface area contributed by atoms with Crippen molar-refractivity contribution in [3.63, 3.8) is 0 Å². The Bertz CT molecular complexity index is 648. The molecule has 0 radical (unpaired) electrons. The van der Waals surface area contributed by atoms with Gasteiger partial charge >= 0.3 is 7.12 Å². The second-order valence-corrected chi connectivity index (χ2v) is 6.58. The molecule has 1 aromatic carbocycles. The third-order valence-electron chi connectivity index (χ3n) is 4.48. The second kappa shape index (κ2) is 4.72. The summed E-state index contributed by atoms with van der Waals surface area (Å²) >= 11 is 0. The molecular weight excluding hydrogens is 263 g/mol. The Balaban J connectivity index is 2.01. The zero-order valence-corrected chi connectivity index (χ0v) is 13.3. The van der Waals surface area contributed by atoms with Crippen LogP contribution in [-0.4, -0.2) is 28.1 Å². The average molecular weight is 284 g/mol. The van der Waals surface area contributed by atoms with Crippen LogP contribution in [0.25, 0.3) is 11.1 Å². The molecule has 1 fully saturated rings. The maximum atomic E-state index is 6.17. The van der Waals surface area contributed by atoms with Crippen LogP contribution in [0.2, 0.25) is 0 Å². The summed E-state index contributed by atoms with van der Waals surface area (Å²) in [4.78, 5) is 0. The fourth-order valence-electron chi connectivity index (χ4n) is 2.50. The first-order chi connectivity index (χ1) is 9.80. The van der Waals surface area contributed by atoms with Crippen LogP contribution in [0, 0.1) is 0 Å². The quantitative estimate of drug-likeness (QED) is 0.794. The van der Waals surface area contributed by atoms with Crippen LogP contribution in [0.15, 0.2) is 36.7 Å². The number of nitrogens with zero attached hydrogens (tertiary/aromatic N) is 2. The van der Waals surface area contributed by atoms with Crippen LogP contribution < -0.4 is 5.46 Å². The molecule has 0 N–H and O–H groups in total. The Labute approximate surface area is 126 Å². The molecule has 4 nitrogen and oxygen atoms in total. The number of hydrogen-bond donors (Lipinski definition) is 0. The molecule has 21 heavy (non-hydrogen) atoms. The van der Waals surface area contributed by atoms with Gasteiger partial charge in [-0.2, -0.15) is 5.10 Å². The van der Waals surface area contributed by atoms with E-state index in [9.17, 15) is 0 Å². The molecule has 2 aromatic rings. The summed E-state index contributed by atoms with van der Waals surface area (Å²) in [6.45, 7) is 8.28. The van der Waals surface area contributed by atoms with Gasteiger partial charge in [-0.05, 0) is 38.7 Å². The molecule has 1 aliphatic heterocycles. The van der Waals surface area contributed by atoms with Gasteiger partial charge in [0.15, 0.2) is 0 Å². The van der Waals surface area contributed by atoms with Crippen molar-refractivity contribution in [1.82, 2.24) is 9.78 Å². The molecule has 5 heteroatoms. The molecule has 1 saturated heterocycles. The van der Waals surface area contributed by atoms with Crippen molar-refractivity contribution in [2.75, 3.05) is 0 Å². The predicted molar refractivity (Wildman–Crippen MR) is 84.4 cm³/mol. The first-order valence-electron chi connectivity index (χ1n) is 7.24. The van der Waals surface area contributed by atoms with Gasteiger partial charge in [0.05, 0.1) is 17.4 Å². The van der Waals surface area contributed by atoms with Crippen LogP contribution in [0.5, 0.6) is 0 Å². The monoisotopic (exact) mass is 284 g/mol. The Morgan fingerprint density at radius 3 is 2.24 bits per heavy atom. The fourth-order valence-corrected chi connectivity index (χ4v) is 2.50. The van der Waals surface area contributed by atoms with Gasteiger partial charge < -0.3 is 9.31 Å². The Morgan fingerprint density at radius 2 is 1.67 bits per heavy atom. The third-order valence-corrected chi connectivity index (χ3v) is 4.48. The van der Waals surface area contributed by atoms with E-state index in [2.05, 4.69) is 44.9 Å². The summed E-state index contributed by atoms with van der Waals surface area (Å²) in [6, 6.07) is 8.18. The van der Waals surface area contributed by atoms with E-state index < -0.39 is 0 Å². The molecule has 0 unspecified atom stereocenters. The molecule has 0 saturated carbocycles. The van der Waals surface area contributed by atoms with E-state index in [1.807, 2.05) is 31.6 Å². The van der Waals surface area contributed by atoms with Crippen molar-refractivity contribution in [3.8, 4) is 11.1 Å². The van der Waals surface area contributed by atoms with E-state index in [1.165, 1.54) is 0 Å².